The summed E-state index contributed by atoms with van der Waals surface area (Å²) in [6.45, 7) is 1.72. The summed E-state index contributed by atoms with van der Waals surface area (Å²) in [4.78, 5) is 25.1. The van der Waals surface area contributed by atoms with Crippen molar-refractivity contribution in [2.45, 2.75) is 32.3 Å². The largest absolute Gasteiger partial charge is 0.493 e. The minimum absolute atomic E-state index is 0.0660. The molecule has 0 radical (unpaired) electrons. The highest BCUT2D eigenvalue weighted by Gasteiger charge is 2.39. The van der Waals surface area contributed by atoms with E-state index in [0.29, 0.717) is 46.8 Å². The maximum Gasteiger partial charge on any atom is 0.176 e. The zero-order valence-electron chi connectivity index (χ0n) is 23.5. The van der Waals surface area contributed by atoms with Crippen molar-refractivity contribution in [3.63, 3.8) is 0 Å². The fourth-order valence-electron chi connectivity index (χ4n) is 5.51. The maximum atomic E-state index is 14.7. The number of ketones is 2. The molecule has 4 aromatic rings. The van der Waals surface area contributed by atoms with Crippen molar-refractivity contribution in [2.75, 3.05) is 7.11 Å². The average Bonchev–Trinajstić information content (AvgIpc) is 3.41. The lowest BCUT2D eigenvalue weighted by Gasteiger charge is -2.23. The Balaban J connectivity index is 1.49. The third kappa shape index (κ3) is 6.53. The lowest BCUT2D eigenvalue weighted by molar-refractivity contribution is -0.116. The number of methoxy groups -OCH3 is 1. The molecule has 2 unspecified atom stereocenters. The van der Waals surface area contributed by atoms with Gasteiger partial charge in [-0.15, -0.1) is 0 Å². The molecule has 4 aromatic carbocycles. The summed E-state index contributed by atoms with van der Waals surface area (Å²) in [7, 11) is 1.46. The van der Waals surface area contributed by atoms with Gasteiger partial charge in [-0.05, 0) is 53.8 Å². The van der Waals surface area contributed by atoms with Gasteiger partial charge >= 0.3 is 0 Å². The number of rotatable bonds is 10. The molecule has 0 spiro atoms. The fraction of sp³-hybridized carbons (Fsp3) is 0.200. The van der Waals surface area contributed by atoms with E-state index in [1.165, 1.54) is 26.2 Å². The van der Waals surface area contributed by atoms with Gasteiger partial charge in [-0.3, -0.25) is 9.59 Å². The van der Waals surface area contributed by atoms with Gasteiger partial charge in [-0.2, -0.15) is 0 Å². The number of para-hydroxylation sites is 1. The monoisotopic (exact) mass is 588 g/mol. The van der Waals surface area contributed by atoms with Crippen LogP contribution in [0.4, 0.5) is 17.6 Å². The Morgan fingerprint density at radius 1 is 0.837 bits per heavy atom. The van der Waals surface area contributed by atoms with Gasteiger partial charge in [0.15, 0.2) is 17.3 Å². The first-order valence-electron chi connectivity index (χ1n) is 13.7. The van der Waals surface area contributed by atoms with Crippen molar-refractivity contribution in [1.82, 2.24) is 0 Å². The number of Topliss-reactive ketones (excluding diaryl/α,β-unsaturated/α-hetero) is 2. The van der Waals surface area contributed by atoms with Gasteiger partial charge in [0.2, 0.25) is 0 Å². The van der Waals surface area contributed by atoms with E-state index in [1.54, 1.807) is 36.4 Å². The van der Waals surface area contributed by atoms with Crippen LogP contribution in [-0.2, 0) is 17.8 Å². The highest BCUT2D eigenvalue weighted by atomic mass is 19.1. The van der Waals surface area contributed by atoms with Crippen LogP contribution in [0, 0.1) is 29.2 Å². The Hall–Kier alpha value is -4.72. The van der Waals surface area contributed by atoms with E-state index in [-0.39, 0.29) is 18.8 Å². The van der Waals surface area contributed by atoms with Crippen molar-refractivity contribution in [2.24, 2.45) is 5.92 Å². The number of allylic oxidation sites excluding steroid dienone is 2. The van der Waals surface area contributed by atoms with E-state index < -0.39 is 46.5 Å². The van der Waals surface area contributed by atoms with Crippen molar-refractivity contribution >= 4 is 17.1 Å². The summed E-state index contributed by atoms with van der Waals surface area (Å²) in [5.41, 5.74) is 2.84. The first kappa shape index (κ1) is 29.8. The fourth-order valence-corrected chi connectivity index (χ4v) is 5.51. The van der Waals surface area contributed by atoms with Crippen LogP contribution in [0.3, 0.4) is 0 Å². The maximum absolute atomic E-state index is 14.7. The van der Waals surface area contributed by atoms with E-state index >= 15 is 0 Å². The predicted octanol–water partition coefficient (Wildman–Crippen LogP) is 8.03. The third-order valence-electron chi connectivity index (χ3n) is 7.51. The van der Waals surface area contributed by atoms with Gasteiger partial charge in [0, 0.05) is 36.0 Å². The topological polar surface area (TPSA) is 52.6 Å². The smallest absolute Gasteiger partial charge is 0.176 e. The van der Waals surface area contributed by atoms with Crippen LogP contribution in [0.15, 0.2) is 84.9 Å². The molecule has 1 aliphatic rings. The van der Waals surface area contributed by atoms with Gasteiger partial charge in [0.05, 0.1) is 12.7 Å². The average molecular weight is 589 g/mol. The van der Waals surface area contributed by atoms with Crippen molar-refractivity contribution in [3.8, 4) is 11.5 Å². The van der Waals surface area contributed by atoms with Crippen LogP contribution in [-0.4, -0.2) is 18.7 Å². The van der Waals surface area contributed by atoms with Crippen LogP contribution in [0.2, 0.25) is 0 Å². The molecule has 1 aliphatic carbocycles. The molecule has 0 bridgehead atoms. The van der Waals surface area contributed by atoms with Gasteiger partial charge in [-0.25, -0.2) is 17.6 Å². The van der Waals surface area contributed by atoms with Gasteiger partial charge in [0.25, 0.3) is 0 Å². The molecule has 0 amide bonds. The van der Waals surface area contributed by atoms with Gasteiger partial charge < -0.3 is 9.47 Å². The number of ether oxygens (including phenoxy) is 2. The molecule has 0 aromatic heterocycles. The number of halogens is 4. The standard InChI is InChI=1S/C35H28F4O4/c1-20(40)14-21-6-8-22(9-7-21)19-43-32-5-3-4-27(35(32)42-2)28-15-24(23-10-12-25(36)13-11-23)16-29(28)34(41)33-30(38)17-26(37)18-31(33)39/h3-13,16-18,28-29H,14-15,19H2,1-2H3. The predicted molar refractivity (Wildman–Crippen MR) is 154 cm³/mol. The van der Waals surface area contributed by atoms with Crippen molar-refractivity contribution < 1.29 is 36.6 Å². The van der Waals surface area contributed by atoms with Crippen LogP contribution in [0.5, 0.6) is 11.5 Å². The SMILES string of the molecule is COc1c(OCc2ccc(CC(C)=O)cc2)cccc1C1CC(c2ccc(F)cc2)=CC1C(=O)c1c(F)cc(F)cc1F. The molecule has 43 heavy (non-hydrogen) atoms. The van der Waals surface area contributed by atoms with E-state index in [4.69, 9.17) is 9.47 Å². The zero-order valence-corrected chi connectivity index (χ0v) is 23.5. The molecule has 0 heterocycles. The van der Waals surface area contributed by atoms with Crippen LogP contribution >= 0.6 is 0 Å². The molecule has 0 saturated carbocycles. The minimum atomic E-state index is -1.29. The van der Waals surface area contributed by atoms with Gasteiger partial charge in [-0.1, -0.05) is 54.6 Å². The summed E-state index contributed by atoms with van der Waals surface area (Å²) in [6, 6.07) is 19.3. The molecule has 0 N–H and O–H groups in total. The molecule has 0 aliphatic heterocycles. The van der Waals surface area contributed by atoms with Crippen molar-refractivity contribution in [3.05, 3.63) is 136 Å². The Kier molecular flexibility index (Phi) is 8.76. The lowest BCUT2D eigenvalue weighted by Crippen LogP contribution is -2.21. The van der Waals surface area contributed by atoms with Crippen molar-refractivity contribution in [1.29, 1.82) is 0 Å². The molecule has 8 heteroatoms. The third-order valence-corrected chi connectivity index (χ3v) is 7.51. The lowest BCUT2D eigenvalue weighted by atomic mass is 9.82. The summed E-state index contributed by atoms with van der Waals surface area (Å²) in [6.07, 6.45) is 2.25. The Morgan fingerprint density at radius 2 is 1.49 bits per heavy atom. The molecule has 0 saturated heterocycles. The summed E-state index contributed by atoms with van der Waals surface area (Å²) < 4.78 is 68.6. The normalized spacial score (nSPS) is 16.1. The molecule has 4 nitrogen and oxygen atoms in total. The molecular weight excluding hydrogens is 560 g/mol. The van der Waals surface area contributed by atoms with E-state index in [1.807, 2.05) is 24.3 Å². The number of hydrogen-bond acceptors (Lipinski definition) is 4. The second-order valence-corrected chi connectivity index (χ2v) is 10.5. The zero-order chi connectivity index (χ0) is 30.7. The van der Waals surface area contributed by atoms with Crippen LogP contribution in [0.1, 0.15) is 51.9 Å². The number of carbonyl (C=O) groups excluding carboxylic acids is 2. The Morgan fingerprint density at radius 3 is 2.12 bits per heavy atom. The molecule has 220 valence electrons. The minimum Gasteiger partial charge on any atom is -0.493 e. The second-order valence-electron chi connectivity index (χ2n) is 10.5. The van der Waals surface area contributed by atoms with E-state index in [0.717, 1.165) is 11.1 Å². The van der Waals surface area contributed by atoms with E-state index in [2.05, 4.69) is 0 Å². The quantitative estimate of drug-likeness (QED) is 0.139. The first-order valence-corrected chi connectivity index (χ1v) is 13.7. The molecule has 2 atom stereocenters. The molecular formula is C35H28F4O4. The second kappa shape index (κ2) is 12.7. The van der Waals surface area contributed by atoms with Crippen LogP contribution < -0.4 is 9.47 Å². The molecule has 0 fully saturated rings. The van der Waals surface area contributed by atoms with Crippen LogP contribution in [0.25, 0.3) is 5.57 Å². The number of hydrogen-bond donors (Lipinski definition) is 0. The number of benzene rings is 4. The highest BCUT2D eigenvalue weighted by Crippen LogP contribution is 2.49. The summed E-state index contributed by atoms with van der Waals surface area (Å²) in [5, 5.41) is 0. The summed E-state index contributed by atoms with van der Waals surface area (Å²) in [5.74, 6) is -5.83. The molecule has 5 rings (SSSR count). The summed E-state index contributed by atoms with van der Waals surface area (Å²) >= 11 is 0. The van der Waals surface area contributed by atoms with Gasteiger partial charge in [0.1, 0.15) is 35.7 Å². The first-order chi connectivity index (χ1) is 20.6. The van der Waals surface area contributed by atoms with E-state index in [9.17, 15) is 27.2 Å². The Bertz CT molecular complexity index is 1670. The number of carbonyl (C=O) groups is 2. The Labute approximate surface area is 246 Å². The highest BCUT2D eigenvalue weighted by molar-refractivity contribution is 6.02.